The number of carboxylic acid groups (broad SMARTS) is 1. The quantitative estimate of drug-likeness (QED) is 0.382. The number of nitrogens with zero attached hydrogens (tertiary/aromatic N) is 4. The SMILES string of the molecule is Cc1cc(-c2csc(N(C)C(=O)[C@@H](CC(=O)O)CC3CCCC3)n2)c(-c2ccc(N3CCCC3=O)nc2)o1. The summed E-state index contributed by atoms with van der Waals surface area (Å²) in [7, 11) is 1.66. The van der Waals surface area contributed by atoms with Crippen molar-refractivity contribution in [3.8, 4) is 22.6 Å². The summed E-state index contributed by atoms with van der Waals surface area (Å²) in [4.78, 5) is 49.3. The highest BCUT2D eigenvalue weighted by Crippen LogP contribution is 2.38. The highest BCUT2D eigenvalue weighted by Gasteiger charge is 2.31. The van der Waals surface area contributed by atoms with Crippen molar-refractivity contribution in [3.63, 3.8) is 0 Å². The molecule has 4 heterocycles. The van der Waals surface area contributed by atoms with Gasteiger partial charge in [-0.05, 0) is 43.9 Å². The zero-order valence-corrected chi connectivity index (χ0v) is 22.5. The second-order valence-electron chi connectivity index (χ2n) is 10.2. The molecule has 200 valence electrons. The van der Waals surface area contributed by atoms with Crippen molar-refractivity contribution in [3.05, 3.63) is 35.5 Å². The van der Waals surface area contributed by atoms with E-state index in [-0.39, 0.29) is 18.2 Å². The average Bonchev–Trinajstić information content (AvgIpc) is 3.70. The maximum absolute atomic E-state index is 13.3. The topological polar surface area (TPSA) is 117 Å². The van der Waals surface area contributed by atoms with Crippen molar-refractivity contribution in [1.82, 2.24) is 9.97 Å². The number of aromatic nitrogens is 2. The van der Waals surface area contributed by atoms with Crippen LogP contribution in [0.5, 0.6) is 0 Å². The highest BCUT2D eigenvalue weighted by atomic mass is 32.1. The largest absolute Gasteiger partial charge is 0.481 e. The first-order valence-electron chi connectivity index (χ1n) is 13.1. The maximum Gasteiger partial charge on any atom is 0.304 e. The summed E-state index contributed by atoms with van der Waals surface area (Å²) in [6.45, 7) is 2.54. The molecule has 1 N–H and O–H groups in total. The number of aryl methyl sites for hydroxylation is 1. The van der Waals surface area contributed by atoms with Crippen LogP contribution in [0.4, 0.5) is 10.9 Å². The van der Waals surface area contributed by atoms with Crippen molar-refractivity contribution < 1.29 is 23.9 Å². The molecular weight excluding hydrogens is 504 g/mol. The zero-order valence-electron chi connectivity index (χ0n) is 21.7. The van der Waals surface area contributed by atoms with Crippen LogP contribution in [0, 0.1) is 18.8 Å². The molecule has 1 aliphatic heterocycles. The number of carbonyl (C=O) groups excluding carboxylic acids is 2. The van der Waals surface area contributed by atoms with E-state index in [4.69, 9.17) is 9.40 Å². The molecule has 1 aliphatic carbocycles. The number of hydrogen-bond acceptors (Lipinski definition) is 7. The first-order valence-corrected chi connectivity index (χ1v) is 14.0. The van der Waals surface area contributed by atoms with Gasteiger partial charge in [-0.2, -0.15) is 0 Å². The minimum Gasteiger partial charge on any atom is -0.481 e. The smallest absolute Gasteiger partial charge is 0.304 e. The summed E-state index contributed by atoms with van der Waals surface area (Å²) in [6.07, 6.45) is 7.92. The molecule has 0 unspecified atom stereocenters. The molecule has 3 aromatic rings. The predicted molar refractivity (Wildman–Crippen MR) is 145 cm³/mol. The van der Waals surface area contributed by atoms with Gasteiger partial charge in [-0.3, -0.25) is 24.2 Å². The van der Waals surface area contributed by atoms with Gasteiger partial charge in [0.1, 0.15) is 17.3 Å². The van der Waals surface area contributed by atoms with E-state index in [1.165, 1.54) is 16.2 Å². The van der Waals surface area contributed by atoms with Crippen molar-refractivity contribution in [2.45, 2.75) is 58.3 Å². The lowest BCUT2D eigenvalue weighted by Gasteiger charge is -2.23. The maximum atomic E-state index is 13.3. The number of furan rings is 1. The second-order valence-corrected chi connectivity index (χ2v) is 11.1. The van der Waals surface area contributed by atoms with Gasteiger partial charge in [-0.25, -0.2) is 9.97 Å². The summed E-state index contributed by atoms with van der Waals surface area (Å²) in [5.74, 6) is 0.723. The van der Waals surface area contributed by atoms with Crippen molar-refractivity contribution in [2.75, 3.05) is 23.4 Å². The van der Waals surface area contributed by atoms with Crippen LogP contribution < -0.4 is 9.80 Å². The standard InChI is InChI=1S/C28H32N4O5S/c1-17-12-21(26(37-17)19-9-10-23(29-15-19)32-11-5-8-24(32)33)22-16-38-28(30-22)31(2)27(36)20(14-25(34)35)13-18-6-3-4-7-18/h9-10,12,15-16,18,20H,3-8,11,13-14H2,1-2H3,(H,34,35)/t20-/m1/s1. The van der Waals surface area contributed by atoms with Crippen LogP contribution in [0.15, 0.2) is 34.2 Å². The molecule has 3 aromatic heterocycles. The Morgan fingerprint density at radius 3 is 2.71 bits per heavy atom. The molecule has 0 radical (unpaired) electrons. The number of aliphatic carboxylic acids is 1. The fourth-order valence-corrected chi connectivity index (χ4v) is 6.33. The number of carboxylic acids is 1. The lowest BCUT2D eigenvalue weighted by Crippen LogP contribution is -2.35. The van der Waals surface area contributed by atoms with Gasteiger partial charge in [0.25, 0.3) is 0 Å². The van der Waals surface area contributed by atoms with E-state index < -0.39 is 11.9 Å². The lowest BCUT2D eigenvalue weighted by molar-refractivity contribution is -0.140. The number of hydrogen-bond donors (Lipinski definition) is 1. The van der Waals surface area contributed by atoms with E-state index in [0.717, 1.165) is 43.2 Å². The minimum atomic E-state index is -0.957. The molecule has 2 fully saturated rings. The molecule has 0 spiro atoms. The third kappa shape index (κ3) is 5.50. The van der Waals surface area contributed by atoms with E-state index in [1.54, 1.807) is 18.1 Å². The van der Waals surface area contributed by atoms with Crippen LogP contribution in [-0.2, 0) is 14.4 Å². The van der Waals surface area contributed by atoms with Gasteiger partial charge < -0.3 is 9.52 Å². The molecule has 2 aliphatic rings. The van der Waals surface area contributed by atoms with Crippen LogP contribution in [0.1, 0.15) is 57.1 Å². The number of thiazole rings is 1. The summed E-state index contributed by atoms with van der Waals surface area (Å²) < 4.78 is 6.01. The molecule has 1 saturated carbocycles. The third-order valence-electron chi connectivity index (χ3n) is 7.46. The Balaban J connectivity index is 1.36. The first-order chi connectivity index (χ1) is 18.3. The Morgan fingerprint density at radius 1 is 1.26 bits per heavy atom. The van der Waals surface area contributed by atoms with Crippen molar-refractivity contribution in [2.24, 2.45) is 11.8 Å². The van der Waals surface area contributed by atoms with E-state index in [0.29, 0.717) is 53.5 Å². The molecule has 0 bridgehead atoms. The second kappa shape index (κ2) is 11.1. The van der Waals surface area contributed by atoms with E-state index in [9.17, 15) is 19.5 Å². The monoisotopic (exact) mass is 536 g/mol. The number of pyridine rings is 1. The van der Waals surface area contributed by atoms with Crippen LogP contribution in [0.2, 0.25) is 0 Å². The van der Waals surface area contributed by atoms with Gasteiger partial charge in [0.2, 0.25) is 11.8 Å². The Kier molecular flexibility index (Phi) is 7.60. The molecule has 10 heteroatoms. The van der Waals surface area contributed by atoms with Crippen LogP contribution in [-0.4, -0.2) is 46.5 Å². The molecule has 5 rings (SSSR count). The summed E-state index contributed by atoms with van der Waals surface area (Å²) in [6, 6.07) is 5.62. The van der Waals surface area contributed by atoms with E-state index in [2.05, 4.69) is 4.98 Å². The van der Waals surface area contributed by atoms with Gasteiger partial charge in [-0.15, -0.1) is 11.3 Å². The van der Waals surface area contributed by atoms with Gasteiger partial charge in [0.05, 0.1) is 12.1 Å². The van der Waals surface area contributed by atoms with Crippen LogP contribution >= 0.6 is 11.3 Å². The Labute approximate surface area is 225 Å². The Hall–Kier alpha value is -3.53. The number of rotatable bonds is 9. The van der Waals surface area contributed by atoms with Gasteiger partial charge in [0, 0.05) is 48.6 Å². The fraction of sp³-hybridized carbons (Fsp3) is 0.464. The summed E-state index contributed by atoms with van der Waals surface area (Å²) in [5, 5.41) is 11.8. The van der Waals surface area contributed by atoms with Gasteiger partial charge >= 0.3 is 5.97 Å². The molecule has 9 nitrogen and oxygen atoms in total. The summed E-state index contributed by atoms with van der Waals surface area (Å²) >= 11 is 1.34. The highest BCUT2D eigenvalue weighted by molar-refractivity contribution is 7.14. The number of amides is 2. The molecule has 1 saturated heterocycles. The van der Waals surface area contributed by atoms with E-state index in [1.807, 2.05) is 30.5 Å². The van der Waals surface area contributed by atoms with Crippen LogP contribution in [0.25, 0.3) is 22.6 Å². The van der Waals surface area contributed by atoms with Gasteiger partial charge in [-0.1, -0.05) is 25.7 Å². The molecular formula is C28H32N4O5S. The Morgan fingerprint density at radius 2 is 2.05 bits per heavy atom. The van der Waals surface area contributed by atoms with Crippen molar-refractivity contribution in [1.29, 1.82) is 0 Å². The number of carbonyl (C=O) groups is 3. The summed E-state index contributed by atoms with van der Waals surface area (Å²) in [5.41, 5.74) is 2.21. The molecule has 2 amide bonds. The third-order valence-corrected chi connectivity index (χ3v) is 8.38. The van der Waals surface area contributed by atoms with Gasteiger partial charge in [0.15, 0.2) is 5.13 Å². The van der Waals surface area contributed by atoms with Crippen molar-refractivity contribution >= 4 is 40.1 Å². The molecule has 1 atom stereocenters. The van der Waals surface area contributed by atoms with Crippen LogP contribution in [0.3, 0.4) is 0 Å². The average molecular weight is 537 g/mol. The number of anilines is 2. The normalized spacial score (nSPS) is 16.8. The minimum absolute atomic E-state index is 0.0855. The molecule has 0 aromatic carbocycles. The Bertz CT molecular complexity index is 1330. The lowest BCUT2D eigenvalue weighted by atomic mass is 9.90. The predicted octanol–water partition coefficient (Wildman–Crippen LogP) is 5.53. The fourth-order valence-electron chi connectivity index (χ4n) is 5.53. The first kappa shape index (κ1) is 26.1. The zero-order chi connectivity index (χ0) is 26.8. The molecule has 38 heavy (non-hydrogen) atoms. The van der Waals surface area contributed by atoms with E-state index >= 15 is 0 Å².